The molecule has 4 rings (SSSR count). The summed E-state index contributed by atoms with van der Waals surface area (Å²) in [6.45, 7) is 1.93. The molecule has 0 spiro atoms. The molecule has 0 radical (unpaired) electrons. The number of carbonyl (C=O) groups excluding carboxylic acids is 2. The maximum absolute atomic E-state index is 14.4. The predicted octanol–water partition coefficient (Wildman–Crippen LogP) is 4.57. The molecule has 1 saturated carbocycles. The van der Waals surface area contributed by atoms with Crippen LogP contribution in [0, 0.1) is 11.2 Å². The molecule has 5 nitrogen and oxygen atoms in total. The molecule has 1 heterocycles. The highest BCUT2D eigenvalue weighted by atomic mass is 32.2. The maximum Gasteiger partial charge on any atom is 0.446 e. The number of hydrogen-bond acceptors (Lipinski definition) is 4. The van der Waals surface area contributed by atoms with Gasteiger partial charge in [-0.3, -0.25) is 14.9 Å². The summed E-state index contributed by atoms with van der Waals surface area (Å²) in [6, 6.07) is 11.3. The highest BCUT2D eigenvalue weighted by Gasteiger charge is 2.47. The summed E-state index contributed by atoms with van der Waals surface area (Å²) in [7, 11) is 0. The van der Waals surface area contributed by atoms with Crippen molar-refractivity contribution < 1.29 is 27.2 Å². The SMILES string of the molecule is CC1(C(NC(=O)C2CC(=O)NC(c3ccccc3)N2)c2ccc(SC(F)(F)F)c(F)c2)CC1. The van der Waals surface area contributed by atoms with Crippen molar-refractivity contribution in [2.75, 3.05) is 0 Å². The fraction of sp³-hybridized carbons (Fsp3) is 0.391. The number of hydrogen-bond donors (Lipinski definition) is 3. The van der Waals surface area contributed by atoms with Gasteiger partial charge in [0.2, 0.25) is 11.8 Å². The number of alkyl halides is 3. The lowest BCUT2D eigenvalue weighted by molar-refractivity contribution is -0.132. The molecule has 0 aromatic heterocycles. The molecule has 2 aliphatic rings. The molecule has 2 amide bonds. The quantitative estimate of drug-likeness (QED) is 0.418. The second-order valence-electron chi connectivity index (χ2n) is 8.67. The molecule has 3 N–H and O–H groups in total. The Morgan fingerprint density at radius 2 is 1.88 bits per heavy atom. The summed E-state index contributed by atoms with van der Waals surface area (Å²) in [5, 5.41) is 8.85. The summed E-state index contributed by atoms with van der Waals surface area (Å²) < 4.78 is 52.4. The molecule has 33 heavy (non-hydrogen) atoms. The van der Waals surface area contributed by atoms with Gasteiger partial charge in [-0.1, -0.05) is 43.3 Å². The van der Waals surface area contributed by atoms with Crippen LogP contribution in [0.1, 0.15) is 49.5 Å². The van der Waals surface area contributed by atoms with Crippen molar-refractivity contribution in [1.29, 1.82) is 0 Å². The van der Waals surface area contributed by atoms with Gasteiger partial charge in [0.25, 0.3) is 0 Å². The summed E-state index contributed by atoms with van der Waals surface area (Å²) in [5.41, 5.74) is -3.74. The van der Waals surface area contributed by atoms with Crippen LogP contribution in [0.25, 0.3) is 0 Å². The van der Waals surface area contributed by atoms with Crippen molar-refractivity contribution in [3.05, 3.63) is 65.5 Å². The van der Waals surface area contributed by atoms with Crippen molar-refractivity contribution in [2.45, 2.75) is 54.8 Å². The van der Waals surface area contributed by atoms with E-state index in [9.17, 15) is 27.2 Å². The van der Waals surface area contributed by atoms with Gasteiger partial charge in [-0.25, -0.2) is 4.39 Å². The molecule has 10 heteroatoms. The minimum atomic E-state index is -4.60. The van der Waals surface area contributed by atoms with E-state index in [1.165, 1.54) is 6.07 Å². The van der Waals surface area contributed by atoms with Crippen molar-refractivity contribution in [2.24, 2.45) is 5.41 Å². The van der Waals surface area contributed by atoms with Crippen LogP contribution in [0.5, 0.6) is 0 Å². The third-order valence-corrected chi connectivity index (χ3v) is 6.83. The third kappa shape index (κ3) is 5.67. The number of amides is 2. The number of thioether (sulfide) groups is 1. The molecule has 0 bridgehead atoms. The highest BCUT2D eigenvalue weighted by Crippen LogP contribution is 2.54. The Morgan fingerprint density at radius 1 is 1.18 bits per heavy atom. The fourth-order valence-electron chi connectivity index (χ4n) is 3.99. The first-order valence-electron chi connectivity index (χ1n) is 10.5. The molecule has 1 saturated heterocycles. The van der Waals surface area contributed by atoms with Crippen molar-refractivity contribution in [1.82, 2.24) is 16.0 Å². The molecule has 3 atom stereocenters. The van der Waals surface area contributed by atoms with Crippen LogP contribution < -0.4 is 16.0 Å². The van der Waals surface area contributed by atoms with Gasteiger partial charge in [0.15, 0.2) is 0 Å². The molecular weight excluding hydrogens is 458 g/mol. The smallest absolute Gasteiger partial charge is 0.347 e. The van der Waals surface area contributed by atoms with Gasteiger partial charge < -0.3 is 10.6 Å². The van der Waals surface area contributed by atoms with E-state index in [4.69, 9.17) is 0 Å². The van der Waals surface area contributed by atoms with Crippen LogP contribution in [0.2, 0.25) is 0 Å². The van der Waals surface area contributed by atoms with Gasteiger partial charge in [-0.2, -0.15) is 13.2 Å². The first-order chi connectivity index (χ1) is 15.5. The summed E-state index contributed by atoms with van der Waals surface area (Å²) in [5.74, 6) is -1.69. The van der Waals surface area contributed by atoms with Gasteiger partial charge in [0.05, 0.1) is 23.4 Å². The number of carbonyl (C=O) groups is 2. The third-order valence-electron chi connectivity index (χ3n) is 6.05. The van der Waals surface area contributed by atoms with Crippen LogP contribution in [-0.4, -0.2) is 23.4 Å². The zero-order valence-corrected chi connectivity index (χ0v) is 18.5. The van der Waals surface area contributed by atoms with Gasteiger partial charge >= 0.3 is 5.51 Å². The van der Waals surface area contributed by atoms with E-state index in [-0.39, 0.29) is 17.7 Å². The average Bonchev–Trinajstić information content (AvgIpc) is 3.51. The lowest BCUT2D eigenvalue weighted by Crippen LogP contribution is -2.57. The van der Waals surface area contributed by atoms with Gasteiger partial charge in [-0.05, 0) is 53.3 Å². The van der Waals surface area contributed by atoms with Crippen molar-refractivity contribution in [3.8, 4) is 0 Å². The van der Waals surface area contributed by atoms with Crippen LogP contribution in [0.3, 0.4) is 0 Å². The number of benzene rings is 2. The average molecular weight is 482 g/mol. The Bertz CT molecular complexity index is 1040. The highest BCUT2D eigenvalue weighted by molar-refractivity contribution is 8.00. The van der Waals surface area contributed by atoms with E-state index in [1.54, 1.807) is 0 Å². The van der Waals surface area contributed by atoms with Crippen LogP contribution >= 0.6 is 11.8 Å². The second-order valence-corrected chi connectivity index (χ2v) is 9.77. The van der Waals surface area contributed by atoms with Crippen LogP contribution in [-0.2, 0) is 9.59 Å². The molecule has 2 aromatic rings. The number of nitrogens with one attached hydrogen (secondary N) is 3. The topological polar surface area (TPSA) is 70.2 Å². The fourth-order valence-corrected chi connectivity index (χ4v) is 4.54. The predicted molar refractivity (Wildman–Crippen MR) is 115 cm³/mol. The van der Waals surface area contributed by atoms with Crippen molar-refractivity contribution in [3.63, 3.8) is 0 Å². The lowest BCUT2D eigenvalue weighted by atomic mass is 9.91. The molecule has 176 valence electrons. The molecular formula is C23H23F4N3O2S. The first kappa shape index (κ1) is 23.6. The summed E-state index contributed by atoms with van der Waals surface area (Å²) in [4.78, 5) is 24.8. The first-order valence-corrected chi connectivity index (χ1v) is 11.3. The zero-order chi connectivity index (χ0) is 23.8. The molecule has 3 unspecified atom stereocenters. The monoisotopic (exact) mass is 481 g/mol. The van der Waals surface area contributed by atoms with E-state index in [0.29, 0.717) is 5.56 Å². The maximum atomic E-state index is 14.4. The molecule has 1 aliphatic carbocycles. The molecule has 1 aliphatic heterocycles. The Morgan fingerprint density at radius 3 is 2.48 bits per heavy atom. The summed E-state index contributed by atoms with van der Waals surface area (Å²) in [6.07, 6.45) is 0.969. The standard InChI is InChI=1S/C23H23F4N3O2S/c1-22(9-10-22)19(14-7-8-17(15(24)11-14)33-23(25,26)27)30-21(32)16-12-18(31)29-20(28-16)13-5-3-2-4-6-13/h2-8,11,16,19-20,28H,9-10,12H2,1H3,(H,29,31)(H,30,32). The van der Waals surface area contributed by atoms with Crippen LogP contribution in [0.4, 0.5) is 17.6 Å². The Kier molecular flexibility index (Phi) is 6.41. The lowest BCUT2D eigenvalue weighted by Gasteiger charge is -2.33. The Hall–Kier alpha value is -2.59. The largest absolute Gasteiger partial charge is 0.446 e. The minimum absolute atomic E-state index is 0.0614. The van der Waals surface area contributed by atoms with Gasteiger partial charge in [0, 0.05) is 0 Å². The van der Waals surface area contributed by atoms with E-state index < -0.39 is 52.1 Å². The minimum Gasteiger partial charge on any atom is -0.347 e. The molecule has 2 fully saturated rings. The Labute approximate surface area is 192 Å². The summed E-state index contributed by atoms with van der Waals surface area (Å²) >= 11 is -0.511. The van der Waals surface area contributed by atoms with E-state index >= 15 is 0 Å². The zero-order valence-electron chi connectivity index (χ0n) is 17.7. The van der Waals surface area contributed by atoms with Crippen molar-refractivity contribution >= 4 is 23.6 Å². The normalized spacial score (nSPS) is 22.9. The van der Waals surface area contributed by atoms with E-state index in [1.807, 2.05) is 37.3 Å². The second kappa shape index (κ2) is 8.98. The van der Waals surface area contributed by atoms with Gasteiger partial charge in [-0.15, -0.1) is 0 Å². The van der Waals surface area contributed by atoms with E-state index in [2.05, 4.69) is 16.0 Å². The van der Waals surface area contributed by atoms with Crippen LogP contribution in [0.15, 0.2) is 53.4 Å². The molecule has 2 aromatic carbocycles. The van der Waals surface area contributed by atoms with E-state index in [0.717, 1.165) is 30.5 Å². The Balaban J connectivity index is 1.52. The number of rotatable bonds is 6. The van der Waals surface area contributed by atoms with Gasteiger partial charge in [0.1, 0.15) is 12.0 Å². The number of halogens is 4.